The van der Waals surface area contributed by atoms with E-state index < -0.39 is 0 Å². The Labute approximate surface area is 121 Å². The van der Waals surface area contributed by atoms with Crippen LogP contribution in [0, 0.1) is 0 Å². The van der Waals surface area contributed by atoms with Crippen LogP contribution in [0.2, 0.25) is 0 Å². The third-order valence-electron chi connectivity index (χ3n) is 2.95. The van der Waals surface area contributed by atoms with Gasteiger partial charge in [-0.2, -0.15) is 0 Å². The molecule has 0 radical (unpaired) electrons. The van der Waals surface area contributed by atoms with Crippen LogP contribution in [0.5, 0.6) is 0 Å². The molecule has 1 N–H and O–H groups in total. The normalized spacial score (nSPS) is 12.6. The van der Waals surface area contributed by atoms with E-state index in [1.165, 1.54) is 10.6 Å². The van der Waals surface area contributed by atoms with Crippen molar-refractivity contribution < 1.29 is 0 Å². The van der Waals surface area contributed by atoms with Gasteiger partial charge < -0.3 is 5.32 Å². The van der Waals surface area contributed by atoms with Crippen molar-refractivity contribution in [3.05, 3.63) is 39.1 Å². The quantitative estimate of drug-likeness (QED) is 0.887. The highest BCUT2D eigenvalue weighted by Crippen LogP contribution is 2.28. The van der Waals surface area contributed by atoms with Crippen molar-refractivity contribution in [1.29, 1.82) is 0 Å². The first-order valence-electron chi connectivity index (χ1n) is 6.10. The molecular formula is C14H17BrN2S. The minimum absolute atomic E-state index is 0.518. The number of halogens is 1. The fourth-order valence-corrected chi connectivity index (χ4v) is 3.16. The second kappa shape index (κ2) is 6.45. The van der Waals surface area contributed by atoms with Gasteiger partial charge in [0.2, 0.25) is 0 Å². The van der Waals surface area contributed by atoms with E-state index in [4.69, 9.17) is 4.98 Å². The van der Waals surface area contributed by atoms with Gasteiger partial charge in [-0.05, 0) is 25.6 Å². The molecule has 18 heavy (non-hydrogen) atoms. The molecule has 0 amide bonds. The highest BCUT2D eigenvalue weighted by atomic mass is 79.9. The Kier molecular flexibility index (Phi) is 4.92. The molecule has 1 aromatic heterocycles. The van der Waals surface area contributed by atoms with Crippen molar-refractivity contribution in [2.75, 3.05) is 13.6 Å². The van der Waals surface area contributed by atoms with E-state index >= 15 is 0 Å². The number of benzene rings is 1. The van der Waals surface area contributed by atoms with E-state index in [0.717, 1.165) is 23.1 Å². The van der Waals surface area contributed by atoms with Gasteiger partial charge in [0.1, 0.15) is 0 Å². The maximum atomic E-state index is 4.76. The van der Waals surface area contributed by atoms with E-state index in [-0.39, 0.29) is 0 Å². The first-order valence-corrected chi connectivity index (χ1v) is 7.77. The minimum atomic E-state index is 0.518. The van der Waals surface area contributed by atoms with Gasteiger partial charge in [0.15, 0.2) is 0 Å². The lowest BCUT2D eigenvalue weighted by Crippen LogP contribution is -2.16. The molecule has 0 bridgehead atoms. The van der Waals surface area contributed by atoms with Gasteiger partial charge >= 0.3 is 0 Å². The van der Waals surface area contributed by atoms with Crippen molar-refractivity contribution in [3.63, 3.8) is 0 Å². The number of hydrogen-bond donors (Lipinski definition) is 1. The SMILES string of the molecule is CCC(CNC)c1nc(-c2ccc(Br)cc2)cs1. The summed E-state index contributed by atoms with van der Waals surface area (Å²) < 4.78 is 1.10. The number of likely N-dealkylation sites (N-methyl/N-ethyl adjacent to an activating group) is 1. The number of thiazole rings is 1. The number of nitrogens with one attached hydrogen (secondary N) is 1. The lowest BCUT2D eigenvalue weighted by Gasteiger charge is -2.10. The average molecular weight is 325 g/mol. The van der Waals surface area contributed by atoms with E-state index in [1.54, 1.807) is 11.3 Å². The fraction of sp³-hybridized carbons (Fsp3) is 0.357. The first-order chi connectivity index (χ1) is 8.74. The highest BCUT2D eigenvalue weighted by molar-refractivity contribution is 9.10. The first kappa shape index (κ1) is 13.7. The van der Waals surface area contributed by atoms with Crippen molar-refractivity contribution in [2.24, 2.45) is 0 Å². The Balaban J connectivity index is 2.21. The summed E-state index contributed by atoms with van der Waals surface area (Å²) in [5, 5.41) is 6.61. The zero-order chi connectivity index (χ0) is 13.0. The predicted molar refractivity (Wildman–Crippen MR) is 82.2 cm³/mol. The topological polar surface area (TPSA) is 24.9 Å². The smallest absolute Gasteiger partial charge is 0.0976 e. The Morgan fingerprint density at radius 1 is 1.33 bits per heavy atom. The Hall–Kier alpha value is -0.710. The molecule has 0 spiro atoms. The van der Waals surface area contributed by atoms with Gasteiger partial charge in [0, 0.05) is 27.9 Å². The number of aromatic nitrogens is 1. The van der Waals surface area contributed by atoms with Crippen molar-refractivity contribution in [3.8, 4) is 11.3 Å². The molecule has 1 atom stereocenters. The summed E-state index contributed by atoms with van der Waals surface area (Å²) in [6.45, 7) is 3.20. The van der Waals surface area contributed by atoms with Crippen LogP contribution in [0.3, 0.4) is 0 Å². The summed E-state index contributed by atoms with van der Waals surface area (Å²) in [6, 6.07) is 8.31. The Bertz CT molecular complexity index is 493. The second-order valence-corrected chi connectivity index (χ2v) is 6.05. The molecule has 2 nitrogen and oxygen atoms in total. The Morgan fingerprint density at radius 3 is 2.67 bits per heavy atom. The van der Waals surface area contributed by atoms with Gasteiger partial charge in [-0.3, -0.25) is 0 Å². The number of nitrogens with zero attached hydrogens (tertiary/aromatic N) is 1. The molecule has 1 unspecified atom stereocenters. The van der Waals surface area contributed by atoms with E-state index in [1.807, 2.05) is 7.05 Å². The summed E-state index contributed by atoms with van der Waals surface area (Å²) in [4.78, 5) is 4.76. The molecule has 0 saturated heterocycles. The molecule has 0 aliphatic rings. The summed E-state index contributed by atoms with van der Waals surface area (Å²) in [7, 11) is 1.99. The predicted octanol–water partition coefficient (Wildman–Crippen LogP) is 4.29. The molecule has 1 aromatic carbocycles. The van der Waals surface area contributed by atoms with Gasteiger partial charge in [0.05, 0.1) is 10.7 Å². The maximum Gasteiger partial charge on any atom is 0.0976 e. The average Bonchev–Trinajstić information content (AvgIpc) is 2.86. The molecule has 1 heterocycles. The van der Waals surface area contributed by atoms with Crippen molar-refractivity contribution >= 4 is 27.3 Å². The Morgan fingerprint density at radius 2 is 2.06 bits per heavy atom. The number of rotatable bonds is 5. The molecule has 0 fully saturated rings. The zero-order valence-electron chi connectivity index (χ0n) is 10.6. The summed E-state index contributed by atoms with van der Waals surface area (Å²) >= 11 is 5.21. The summed E-state index contributed by atoms with van der Waals surface area (Å²) in [5.41, 5.74) is 2.26. The number of hydrogen-bond acceptors (Lipinski definition) is 3. The molecule has 0 saturated carbocycles. The largest absolute Gasteiger partial charge is 0.319 e. The lowest BCUT2D eigenvalue weighted by molar-refractivity contribution is 0.609. The van der Waals surface area contributed by atoms with Crippen LogP contribution in [0.4, 0.5) is 0 Å². The molecule has 96 valence electrons. The van der Waals surface area contributed by atoms with Crippen LogP contribution in [0.15, 0.2) is 34.1 Å². The standard InChI is InChI=1S/C14H17BrN2S/c1-3-10(8-16-2)14-17-13(9-18-14)11-4-6-12(15)7-5-11/h4-7,9-10,16H,3,8H2,1-2H3. The van der Waals surface area contributed by atoms with Crippen molar-refractivity contribution in [2.45, 2.75) is 19.3 Å². The lowest BCUT2D eigenvalue weighted by atomic mass is 10.1. The van der Waals surface area contributed by atoms with Crippen LogP contribution >= 0.6 is 27.3 Å². The fourth-order valence-electron chi connectivity index (χ4n) is 1.88. The third-order valence-corrected chi connectivity index (χ3v) is 4.49. The van der Waals surface area contributed by atoms with Crippen LogP contribution < -0.4 is 5.32 Å². The van der Waals surface area contributed by atoms with Crippen LogP contribution in [0.1, 0.15) is 24.3 Å². The monoisotopic (exact) mass is 324 g/mol. The van der Waals surface area contributed by atoms with Gasteiger partial charge in [-0.1, -0.05) is 35.0 Å². The minimum Gasteiger partial charge on any atom is -0.319 e. The van der Waals surface area contributed by atoms with Crippen LogP contribution in [-0.2, 0) is 0 Å². The zero-order valence-corrected chi connectivity index (χ0v) is 13.0. The molecular weight excluding hydrogens is 308 g/mol. The van der Waals surface area contributed by atoms with E-state index in [9.17, 15) is 0 Å². The molecule has 4 heteroatoms. The van der Waals surface area contributed by atoms with Crippen LogP contribution in [-0.4, -0.2) is 18.6 Å². The molecule has 2 rings (SSSR count). The van der Waals surface area contributed by atoms with Crippen LogP contribution in [0.25, 0.3) is 11.3 Å². The van der Waals surface area contributed by atoms with Gasteiger partial charge in [-0.15, -0.1) is 11.3 Å². The summed E-state index contributed by atoms with van der Waals surface area (Å²) in [5.74, 6) is 0.518. The van der Waals surface area contributed by atoms with E-state index in [0.29, 0.717) is 5.92 Å². The van der Waals surface area contributed by atoms with Gasteiger partial charge in [-0.25, -0.2) is 4.98 Å². The summed E-state index contributed by atoms with van der Waals surface area (Å²) in [6.07, 6.45) is 1.12. The maximum absolute atomic E-state index is 4.76. The molecule has 0 aliphatic carbocycles. The molecule has 0 aliphatic heterocycles. The van der Waals surface area contributed by atoms with Gasteiger partial charge in [0.25, 0.3) is 0 Å². The third kappa shape index (κ3) is 3.19. The van der Waals surface area contributed by atoms with E-state index in [2.05, 4.69) is 57.8 Å². The molecule has 2 aromatic rings. The van der Waals surface area contributed by atoms with Crippen molar-refractivity contribution in [1.82, 2.24) is 10.3 Å². The highest BCUT2D eigenvalue weighted by Gasteiger charge is 2.13. The second-order valence-electron chi connectivity index (χ2n) is 4.24.